The van der Waals surface area contributed by atoms with Crippen LogP contribution in [0.2, 0.25) is 0 Å². The summed E-state index contributed by atoms with van der Waals surface area (Å²) in [4.78, 5) is 18.9. The van der Waals surface area contributed by atoms with Gasteiger partial charge in [0, 0.05) is 18.0 Å². The van der Waals surface area contributed by atoms with E-state index >= 15 is 0 Å². The van der Waals surface area contributed by atoms with Crippen LogP contribution in [0, 0.1) is 6.92 Å². The van der Waals surface area contributed by atoms with Crippen LogP contribution in [0.1, 0.15) is 18.7 Å². The van der Waals surface area contributed by atoms with Gasteiger partial charge < -0.3 is 10.3 Å². The van der Waals surface area contributed by atoms with Crippen molar-refractivity contribution in [2.24, 2.45) is 0 Å². The van der Waals surface area contributed by atoms with Crippen LogP contribution in [0.25, 0.3) is 11.0 Å². The van der Waals surface area contributed by atoms with E-state index in [1.807, 2.05) is 25.1 Å². The van der Waals surface area contributed by atoms with Crippen molar-refractivity contribution in [3.8, 4) is 0 Å². The number of aryl methyl sites for hydroxylation is 1. The van der Waals surface area contributed by atoms with Gasteiger partial charge in [-0.05, 0) is 31.5 Å². The fourth-order valence-electron chi connectivity index (χ4n) is 1.67. The largest absolute Gasteiger partial charge is 0.342 e. The molecule has 0 saturated carbocycles. The van der Waals surface area contributed by atoms with Crippen molar-refractivity contribution in [1.29, 1.82) is 0 Å². The molecular weight excluding hydrogens is 238 g/mol. The Morgan fingerprint density at radius 2 is 2.35 bits per heavy atom. The molecule has 1 aromatic carbocycles. The van der Waals surface area contributed by atoms with E-state index in [1.54, 1.807) is 0 Å². The lowest BCUT2D eigenvalue weighted by molar-refractivity contribution is -0.116. The molecule has 0 aliphatic carbocycles. The molecule has 0 atom stereocenters. The number of aromatic nitrogens is 2. The van der Waals surface area contributed by atoms with Gasteiger partial charge in [-0.25, -0.2) is 4.98 Å². The van der Waals surface area contributed by atoms with E-state index in [1.165, 1.54) is 0 Å². The Morgan fingerprint density at radius 3 is 3.12 bits per heavy atom. The van der Waals surface area contributed by atoms with Crippen LogP contribution < -0.4 is 5.32 Å². The number of H-pyrrole nitrogens is 1. The summed E-state index contributed by atoms with van der Waals surface area (Å²) in [5, 5.41) is 2.83. The number of nitrogens with zero attached hydrogens (tertiary/aromatic N) is 1. The van der Waals surface area contributed by atoms with Crippen LogP contribution in [-0.2, 0) is 4.79 Å². The molecule has 2 aromatic rings. The third-order valence-corrected chi connectivity index (χ3v) is 2.69. The monoisotopic (exact) mass is 251 g/mol. The summed E-state index contributed by atoms with van der Waals surface area (Å²) in [6.07, 6.45) is 1.14. The maximum Gasteiger partial charge on any atom is 0.224 e. The SMILES string of the molecule is Cc1nc2ccc(NC(=O)CCCCl)cc2[nH]1. The fourth-order valence-corrected chi connectivity index (χ4v) is 1.80. The van der Waals surface area contributed by atoms with Crippen molar-refractivity contribution < 1.29 is 4.79 Å². The molecular formula is C12H14ClN3O. The van der Waals surface area contributed by atoms with Crippen LogP contribution >= 0.6 is 11.6 Å². The van der Waals surface area contributed by atoms with Gasteiger partial charge in [-0.1, -0.05) is 0 Å². The molecule has 5 heteroatoms. The number of hydrogen-bond donors (Lipinski definition) is 2. The van der Waals surface area contributed by atoms with E-state index in [-0.39, 0.29) is 5.91 Å². The number of halogens is 1. The summed E-state index contributed by atoms with van der Waals surface area (Å²) in [6, 6.07) is 5.62. The Bertz CT molecular complexity index is 536. The minimum atomic E-state index is -0.0127. The predicted molar refractivity (Wildman–Crippen MR) is 69.4 cm³/mol. The lowest BCUT2D eigenvalue weighted by atomic mass is 10.2. The van der Waals surface area contributed by atoms with Gasteiger partial charge >= 0.3 is 0 Å². The Labute approximate surface area is 104 Å². The van der Waals surface area contributed by atoms with Gasteiger partial charge in [-0.15, -0.1) is 11.6 Å². The maximum atomic E-state index is 11.5. The normalized spacial score (nSPS) is 10.7. The molecule has 4 nitrogen and oxygen atoms in total. The van der Waals surface area contributed by atoms with Crippen LogP contribution in [0.15, 0.2) is 18.2 Å². The Balaban J connectivity index is 2.10. The van der Waals surface area contributed by atoms with Gasteiger partial charge in [0.25, 0.3) is 0 Å². The summed E-state index contributed by atoms with van der Waals surface area (Å²) >= 11 is 5.54. The molecule has 0 fully saturated rings. The van der Waals surface area contributed by atoms with E-state index in [0.29, 0.717) is 18.7 Å². The van der Waals surface area contributed by atoms with Crippen LogP contribution in [-0.4, -0.2) is 21.8 Å². The molecule has 1 amide bonds. The third-order valence-electron chi connectivity index (χ3n) is 2.42. The molecule has 1 aromatic heterocycles. The number of amides is 1. The number of nitrogens with one attached hydrogen (secondary N) is 2. The van der Waals surface area contributed by atoms with Crippen molar-refractivity contribution in [1.82, 2.24) is 9.97 Å². The molecule has 0 unspecified atom stereocenters. The molecule has 0 aliphatic heterocycles. The number of imidazole rings is 1. The summed E-state index contributed by atoms with van der Waals surface area (Å²) in [7, 11) is 0. The zero-order valence-corrected chi connectivity index (χ0v) is 10.3. The molecule has 0 bridgehead atoms. The Kier molecular flexibility index (Phi) is 3.64. The Hall–Kier alpha value is -1.55. The van der Waals surface area contributed by atoms with Crippen molar-refractivity contribution in [3.05, 3.63) is 24.0 Å². The minimum absolute atomic E-state index is 0.0127. The fraction of sp³-hybridized carbons (Fsp3) is 0.333. The quantitative estimate of drug-likeness (QED) is 0.821. The average Bonchev–Trinajstić information content (AvgIpc) is 2.65. The summed E-state index contributed by atoms with van der Waals surface area (Å²) in [6.45, 7) is 1.90. The smallest absolute Gasteiger partial charge is 0.224 e. The first kappa shape index (κ1) is 11.9. The second kappa shape index (κ2) is 5.19. The first-order valence-corrected chi connectivity index (χ1v) is 6.04. The molecule has 90 valence electrons. The van der Waals surface area contributed by atoms with E-state index < -0.39 is 0 Å². The molecule has 0 spiro atoms. The highest BCUT2D eigenvalue weighted by molar-refractivity contribution is 6.18. The van der Waals surface area contributed by atoms with Crippen LogP contribution in [0.5, 0.6) is 0 Å². The summed E-state index contributed by atoms with van der Waals surface area (Å²) in [5.74, 6) is 1.36. The lowest BCUT2D eigenvalue weighted by Crippen LogP contribution is -2.11. The van der Waals surface area contributed by atoms with Gasteiger partial charge in [0.1, 0.15) is 5.82 Å². The number of aromatic amines is 1. The van der Waals surface area contributed by atoms with Crippen molar-refractivity contribution >= 4 is 34.2 Å². The zero-order chi connectivity index (χ0) is 12.3. The average molecular weight is 252 g/mol. The highest BCUT2D eigenvalue weighted by atomic mass is 35.5. The van der Waals surface area contributed by atoms with Gasteiger partial charge in [0.05, 0.1) is 11.0 Å². The highest BCUT2D eigenvalue weighted by Gasteiger charge is 2.04. The zero-order valence-electron chi connectivity index (χ0n) is 9.59. The molecule has 0 aliphatic rings. The minimum Gasteiger partial charge on any atom is -0.342 e. The topological polar surface area (TPSA) is 57.8 Å². The molecule has 0 saturated heterocycles. The second-order valence-electron chi connectivity index (χ2n) is 3.89. The molecule has 0 radical (unpaired) electrons. The van der Waals surface area contributed by atoms with Crippen molar-refractivity contribution in [2.75, 3.05) is 11.2 Å². The molecule has 17 heavy (non-hydrogen) atoms. The van der Waals surface area contributed by atoms with Crippen LogP contribution in [0.3, 0.4) is 0 Å². The number of benzene rings is 1. The van der Waals surface area contributed by atoms with Crippen LogP contribution in [0.4, 0.5) is 5.69 Å². The number of rotatable bonds is 4. The van der Waals surface area contributed by atoms with E-state index in [0.717, 1.165) is 22.5 Å². The van der Waals surface area contributed by atoms with E-state index in [9.17, 15) is 4.79 Å². The number of carbonyl (C=O) groups excluding carboxylic acids is 1. The third kappa shape index (κ3) is 2.97. The summed E-state index contributed by atoms with van der Waals surface area (Å²) in [5.41, 5.74) is 2.61. The predicted octanol–water partition coefficient (Wildman–Crippen LogP) is 2.83. The number of carbonyl (C=O) groups is 1. The number of hydrogen-bond acceptors (Lipinski definition) is 2. The van der Waals surface area contributed by atoms with E-state index in [4.69, 9.17) is 11.6 Å². The van der Waals surface area contributed by atoms with Gasteiger partial charge in [-0.3, -0.25) is 4.79 Å². The van der Waals surface area contributed by atoms with Crippen molar-refractivity contribution in [3.63, 3.8) is 0 Å². The lowest BCUT2D eigenvalue weighted by Gasteiger charge is -2.03. The molecule has 2 rings (SSSR count). The first-order chi connectivity index (χ1) is 8.19. The molecule has 2 N–H and O–H groups in total. The standard InChI is InChI=1S/C12H14ClN3O/c1-8-14-10-5-4-9(7-11(10)15-8)16-12(17)3-2-6-13/h4-5,7H,2-3,6H2,1H3,(H,14,15)(H,16,17). The maximum absolute atomic E-state index is 11.5. The van der Waals surface area contributed by atoms with Gasteiger partial charge in [0.2, 0.25) is 5.91 Å². The van der Waals surface area contributed by atoms with E-state index in [2.05, 4.69) is 15.3 Å². The second-order valence-corrected chi connectivity index (χ2v) is 4.27. The number of fused-ring (bicyclic) bond motifs is 1. The van der Waals surface area contributed by atoms with Gasteiger partial charge in [-0.2, -0.15) is 0 Å². The Morgan fingerprint density at radius 1 is 1.53 bits per heavy atom. The first-order valence-electron chi connectivity index (χ1n) is 5.51. The summed E-state index contributed by atoms with van der Waals surface area (Å²) < 4.78 is 0. The highest BCUT2D eigenvalue weighted by Crippen LogP contribution is 2.17. The molecule has 1 heterocycles. The number of anilines is 1. The van der Waals surface area contributed by atoms with Gasteiger partial charge in [0.15, 0.2) is 0 Å². The van der Waals surface area contributed by atoms with Crippen molar-refractivity contribution in [2.45, 2.75) is 19.8 Å². The number of alkyl halides is 1.